The van der Waals surface area contributed by atoms with Gasteiger partial charge in [-0.3, -0.25) is 20.2 Å². The van der Waals surface area contributed by atoms with Crippen LogP contribution in [-0.4, -0.2) is 35.0 Å². The molecule has 2 N–H and O–H groups in total. The van der Waals surface area contributed by atoms with E-state index >= 15 is 0 Å². The summed E-state index contributed by atoms with van der Waals surface area (Å²) in [6, 6.07) is 3.47. The third-order valence-electron chi connectivity index (χ3n) is 3.39. The van der Waals surface area contributed by atoms with E-state index in [1.54, 1.807) is 0 Å². The van der Waals surface area contributed by atoms with Gasteiger partial charge in [0.05, 0.1) is 4.92 Å². The van der Waals surface area contributed by atoms with Crippen molar-refractivity contribution in [3.8, 4) is 0 Å². The van der Waals surface area contributed by atoms with Gasteiger partial charge >= 0.3 is 12.0 Å². The molecule has 2 rings (SSSR count). The third-order valence-corrected chi connectivity index (χ3v) is 3.71. The molecule has 3 amide bonds. The van der Waals surface area contributed by atoms with Crippen LogP contribution in [0.1, 0.15) is 25.3 Å². The SMILES string of the molecule is CC(OC(=O)/C=C/c1ccc(Cl)c([N+](=O)[O-])c1)C(=O)NC(=O)NC1CC1. The van der Waals surface area contributed by atoms with Crippen molar-refractivity contribution in [1.82, 2.24) is 10.6 Å². The van der Waals surface area contributed by atoms with Gasteiger partial charge in [-0.2, -0.15) is 0 Å². The molecule has 0 radical (unpaired) electrons. The lowest BCUT2D eigenvalue weighted by Gasteiger charge is -2.11. The van der Waals surface area contributed by atoms with Crippen LogP contribution in [0.4, 0.5) is 10.5 Å². The van der Waals surface area contributed by atoms with Crippen LogP contribution >= 0.6 is 11.6 Å². The number of ether oxygens (including phenoxy) is 1. The average Bonchev–Trinajstić information content (AvgIpc) is 3.37. The summed E-state index contributed by atoms with van der Waals surface area (Å²) in [4.78, 5) is 45.1. The number of hydrogen-bond donors (Lipinski definition) is 2. The highest BCUT2D eigenvalue weighted by Crippen LogP contribution is 2.25. The van der Waals surface area contributed by atoms with Crippen molar-refractivity contribution in [1.29, 1.82) is 0 Å². The minimum Gasteiger partial charge on any atom is -0.449 e. The van der Waals surface area contributed by atoms with Gasteiger partial charge in [0.1, 0.15) is 5.02 Å². The molecule has 9 nitrogen and oxygen atoms in total. The molecule has 1 aliphatic rings. The van der Waals surface area contributed by atoms with E-state index < -0.39 is 28.9 Å². The van der Waals surface area contributed by atoms with E-state index in [1.807, 2.05) is 0 Å². The summed E-state index contributed by atoms with van der Waals surface area (Å²) in [7, 11) is 0. The Morgan fingerprint density at radius 3 is 2.69 bits per heavy atom. The molecule has 1 aromatic rings. The van der Waals surface area contributed by atoms with Gasteiger partial charge in [0, 0.05) is 18.2 Å². The minimum atomic E-state index is -1.18. The molecule has 1 aromatic carbocycles. The van der Waals surface area contributed by atoms with E-state index in [2.05, 4.69) is 10.6 Å². The van der Waals surface area contributed by atoms with Crippen LogP contribution < -0.4 is 10.6 Å². The zero-order chi connectivity index (χ0) is 19.3. The number of nitrogens with one attached hydrogen (secondary N) is 2. The number of hydrogen-bond acceptors (Lipinski definition) is 6. The number of amides is 3. The predicted molar refractivity (Wildman–Crippen MR) is 92.4 cm³/mol. The summed E-state index contributed by atoms with van der Waals surface area (Å²) >= 11 is 5.70. The number of benzene rings is 1. The Balaban J connectivity index is 1.87. The molecule has 0 heterocycles. The normalized spacial score (nSPS) is 14.5. The molecule has 1 fully saturated rings. The summed E-state index contributed by atoms with van der Waals surface area (Å²) in [6.45, 7) is 1.32. The Morgan fingerprint density at radius 1 is 1.38 bits per heavy atom. The average molecular weight is 382 g/mol. The van der Waals surface area contributed by atoms with Crippen molar-refractivity contribution in [2.45, 2.75) is 31.9 Å². The van der Waals surface area contributed by atoms with E-state index in [9.17, 15) is 24.5 Å². The molecule has 0 saturated heterocycles. The molecule has 1 saturated carbocycles. The molecule has 10 heteroatoms. The number of nitro groups is 1. The third kappa shape index (κ3) is 5.85. The molecule has 0 aromatic heterocycles. The Kier molecular flexibility index (Phi) is 6.29. The second-order valence-corrected chi connectivity index (χ2v) is 6.02. The van der Waals surface area contributed by atoms with E-state index in [4.69, 9.17) is 16.3 Å². The summed E-state index contributed by atoms with van der Waals surface area (Å²) in [5, 5.41) is 15.4. The molecule has 0 aliphatic heterocycles. The minimum absolute atomic E-state index is 0.0236. The topological polar surface area (TPSA) is 128 Å². The maximum atomic E-state index is 11.8. The quantitative estimate of drug-likeness (QED) is 0.336. The predicted octanol–water partition coefficient (Wildman–Crippen LogP) is 2.18. The Labute approximate surface area is 153 Å². The van der Waals surface area contributed by atoms with Gasteiger partial charge in [-0.1, -0.05) is 17.7 Å². The van der Waals surface area contributed by atoms with Gasteiger partial charge in [0.2, 0.25) is 0 Å². The van der Waals surface area contributed by atoms with Crippen LogP contribution in [0.3, 0.4) is 0 Å². The first-order valence-electron chi connectivity index (χ1n) is 7.70. The monoisotopic (exact) mass is 381 g/mol. The lowest BCUT2D eigenvalue weighted by molar-refractivity contribution is -0.384. The van der Waals surface area contributed by atoms with Gasteiger partial charge < -0.3 is 10.1 Å². The van der Waals surface area contributed by atoms with Crippen molar-refractivity contribution < 1.29 is 24.0 Å². The fraction of sp³-hybridized carbons (Fsp3) is 0.312. The highest BCUT2D eigenvalue weighted by Gasteiger charge is 2.25. The maximum Gasteiger partial charge on any atom is 0.331 e. The fourth-order valence-corrected chi connectivity index (χ4v) is 2.05. The largest absolute Gasteiger partial charge is 0.449 e. The lowest BCUT2D eigenvalue weighted by Crippen LogP contribution is -2.45. The number of esters is 1. The van der Waals surface area contributed by atoms with Crippen LogP contribution in [0, 0.1) is 10.1 Å². The Hall–Kier alpha value is -2.94. The van der Waals surface area contributed by atoms with Crippen LogP contribution in [0.25, 0.3) is 6.08 Å². The van der Waals surface area contributed by atoms with Crippen LogP contribution in [0.2, 0.25) is 5.02 Å². The number of nitrogens with zero attached hydrogens (tertiary/aromatic N) is 1. The highest BCUT2D eigenvalue weighted by atomic mass is 35.5. The highest BCUT2D eigenvalue weighted by molar-refractivity contribution is 6.32. The maximum absolute atomic E-state index is 11.8. The van der Waals surface area contributed by atoms with Gasteiger partial charge in [-0.25, -0.2) is 9.59 Å². The number of urea groups is 1. The number of rotatable bonds is 6. The Bertz CT molecular complexity index is 775. The molecule has 1 aliphatic carbocycles. The van der Waals surface area contributed by atoms with Crippen molar-refractivity contribution >= 4 is 41.3 Å². The van der Waals surface area contributed by atoms with Crippen LogP contribution in [-0.2, 0) is 14.3 Å². The van der Waals surface area contributed by atoms with E-state index in [0.717, 1.165) is 18.9 Å². The molecule has 1 atom stereocenters. The summed E-state index contributed by atoms with van der Waals surface area (Å²) < 4.78 is 4.88. The Morgan fingerprint density at radius 2 is 2.08 bits per heavy atom. The van der Waals surface area contributed by atoms with Crippen molar-refractivity contribution in [2.75, 3.05) is 0 Å². The van der Waals surface area contributed by atoms with Crippen LogP contribution in [0.5, 0.6) is 0 Å². The first-order chi connectivity index (χ1) is 12.3. The zero-order valence-corrected chi connectivity index (χ0v) is 14.5. The number of carbonyl (C=O) groups excluding carboxylic acids is 3. The number of imide groups is 1. The lowest BCUT2D eigenvalue weighted by atomic mass is 10.2. The first kappa shape index (κ1) is 19.4. The van der Waals surface area contributed by atoms with E-state index in [-0.39, 0.29) is 16.8 Å². The van der Waals surface area contributed by atoms with Gasteiger partial charge in [-0.15, -0.1) is 0 Å². The molecule has 0 spiro atoms. The number of halogens is 1. The molecule has 138 valence electrons. The molecule has 1 unspecified atom stereocenters. The first-order valence-corrected chi connectivity index (χ1v) is 8.08. The summed E-state index contributed by atoms with van der Waals surface area (Å²) in [5.41, 5.74) is 0.0653. The van der Waals surface area contributed by atoms with Gasteiger partial charge in [0.15, 0.2) is 6.10 Å². The zero-order valence-electron chi connectivity index (χ0n) is 13.7. The second kappa shape index (κ2) is 8.43. The molecular weight excluding hydrogens is 366 g/mol. The van der Waals surface area contributed by atoms with Crippen LogP contribution in [0.15, 0.2) is 24.3 Å². The molecule has 0 bridgehead atoms. The van der Waals surface area contributed by atoms with Crippen molar-refractivity contribution in [2.24, 2.45) is 0 Å². The second-order valence-electron chi connectivity index (χ2n) is 5.62. The van der Waals surface area contributed by atoms with Gasteiger partial charge in [-0.05, 0) is 37.5 Å². The fourth-order valence-electron chi connectivity index (χ4n) is 1.87. The smallest absolute Gasteiger partial charge is 0.331 e. The molecular formula is C16H16ClN3O6. The summed E-state index contributed by atoms with van der Waals surface area (Å²) in [6.07, 6.45) is 2.87. The van der Waals surface area contributed by atoms with E-state index in [1.165, 1.54) is 31.2 Å². The summed E-state index contributed by atoms with van der Waals surface area (Å²) in [5.74, 6) is -1.60. The van der Waals surface area contributed by atoms with E-state index in [0.29, 0.717) is 5.56 Å². The van der Waals surface area contributed by atoms with Crippen molar-refractivity contribution in [3.63, 3.8) is 0 Å². The molecule has 26 heavy (non-hydrogen) atoms. The van der Waals surface area contributed by atoms with Gasteiger partial charge in [0.25, 0.3) is 11.6 Å². The van der Waals surface area contributed by atoms with Crippen molar-refractivity contribution in [3.05, 3.63) is 45.0 Å². The standard InChI is InChI=1S/C16H16ClN3O6/c1-9(15(22)19-16(23)18-11-4-5-11)26-14(21)7-3-10-2-6-12(17)13(8-10)20(24)25/h2-3,6-9,11H,4-5H2,1H3,(H2,18,19,22,23)/b7-3+. The number of carbonyl (C=O) groups is 3. The number of nitro benzene ring substituents is 1.